The largest absolute Gasteiger partial charge is 0.508 e. The van der Waals surface area contributed by atoms with Crippen LogP contribution in [0.15, 0.2) is 40.8 Å². The van der Waals surface area contributed by atoms with Crippen LogP contribution in [0.1, 0.15) is 39.7 Å². The van der Waals surface area contributed by atoms with Crippen molar-refractivity contribution >= 4 is 11.9 Å². The van der Waals surface area contributed by atoms with Crippen molar-refractivity contribution < 1.29 is 28.6 Å². The molecule has 0 saturated carbocycles. The molecule has 21 heavy (non-hydrogen) atoms. The number of carbonyl (C=O) groups excluding carboxylic acids is 2. The van der Waals surface area contributed by atoms with Crippen LogP contribution in [0.3, 0.4) is 0 Å². The molecule has 0 fully saturated rings. The first kappa shape index (κ1) is 14.6. The normalized spacial score (nSPS) is 11.7. The Kier molecular flexibility index (Phi) is 4.27. The zero-order valence-corrected chi connectivity index (χ0v) is 11.5. The number of ether oxygens (including phenoxy) is 2. The number of phenolic OH excluding ortho intramolecular Hbond substituents is 1. The van der Waals surface area contributed by atoms with Gasteiger partial charge in [0.05, 0.1) is 12.7 Å². The Morgan fingerprint density at radius 3 is 2.38 bits per heavy atom. The van der Waals surface area contributed by atoms with Crippen LogP contribution in [0.25, 0.3) is 0 Å². The second-order valence-electron chi connectivity index (χ2n) is 4.29. The fourth-order valence-electron chi connectivity index (χ4n) is 1.67. The van der Waals surface area contributed by atoms with E-state index in [1.54, 1.807) is 13.0 Å². The average molecular weight is 290 g/mol. The summed E-state index contributed by atoms with van der Waals surface area (Å²) in [6.45, 7) is 1.62. The predicted molar refractivity (Wildman–Crippen MR) is 72.0 cm³/mol. The Morgan fingerprint density at radius 1 is 1.10 bits per heavy atom. The monoisotopic (exact) mass is 290 g/mol. The predicted octanol–water partition coefficient (Wildman–Crippen LogP) is 2.69. The smallest absolute Gasteiger partial charge is 0.373 e. The first-order valence-electron chi connectivity index (χ1n) is 6.19. The highest BCUT2D eigenvalue weighted by Crippen LogP contribution is 2.22. The quantitative estimate of drug-likeness (QED) is 0.871. The zero-order valence-electron chi connectivity index (χ0n) is 11.5. The van der Waals surface area contributed by atoms with Gasteiger partial charge >= 0.3 is 11.9 Å². The van der Waals surface area contributed by atoms with E-state index in [0.29, 0.717) is 11.3 Å². The lowest BCUT2D eigenvalue weighted by Crippen LogP contribution is -2.08. The highest BCUT2D eigenvalue weighted by molar-refractivity contribution is 5.89. The topological polar surface area (TPSA) is 86.0 Å². The second-order valence-corrected chi connectivity index (χ2v) is 4.29. The van der Waals surface area contributed by atoms with Crippen LogP contribution >= 0.6 is 0 Å². The lowest BCUT2D eigenvalue weighted by molar-refractivity contribution is 0.0285. The number of methoxy groups -OCH3 is 1. The summed E-state index contributed by atoms with van der Waals surface area (Å²) in [5.74, 6) is -0.715. The Morgan fingerprint density at radius 2 is 1.76 bits per heavy atom. The van der Waals surface area contributed by atoms with Gasteiger partial charge in [-0.2, -0.15) is 0 Å². The van der Waals surface area contributed by atoms with Crippen LogP contribution in [0.4, 0.5) is 0 Å². The van der Waals surface area contributed by atoms with Crippen LogP contribution in [0.2, 0.25) is 0 Å². The van der Waals surface area contributed by atoms with Crippen molar-refractivity contribution in [3.63, 3.8) is 0 Å². The third kappa shape index (κ3) is 3.42. The van der Waals surface area contributed by atoms with E-state index in [2.05, 4.69) is 4.74 Å². The van der Waals surface area contributed by atoms with E-state index in [9.17, 15) is 9.59 Å². The fraction of sp³-hybridized carbons (Fsp3) is 0.200. The summed E-state index contributed by atoms with van der Waals surface area (Å²) < 4.78 is 15.0. The van der Waals surface area contributed by atoms with E-state index in [4.69, 9.17) is 14.3 Å². The molecular formula is C15H14O6. The number of carbonyl (C=O) groups is 2. The highest BCUT2D eigenvalue weighted by Gasteiger charge is 2.19. The van der Waals surface area contributed by atoms with E-state index in [1.165, 1.54) is 37.4 Å². The van der Waals surface area contributed by atoms with E-state index in [1.807, 2.05) is 0 Å². The standard InChI is InChI=1S/C15H14O6/c1-9(12-7-8-13(21-12)15(18)19-2)20-14(17)10-3-5-11(16)6-4-10/h3-9,16H,1-2H3/t9-/m0/s1. The van der Waals surface area contributed by atoms with Crippen LogP contribution in [-0.4, -0.2) is 24.2 Å². The molecule has 1 atom stereocenters. The molecule has 0 radical (unpaired) electrons. The molecule has 0 bridgehead atoms. The SMILES string of the molecule is COC(=O)c1ccc([C@H](C)OC(=O)c2ccc(O)cc2)o1. The average Bonchev–Trinajstić information content (AvgIpc) is 2.97. The van der Waals surface area contributed by atoms with Gasteiger partial charge < -0.3 is 19.0 Å². The molecule has 1 aromatic carbocycles. The number of aromatic hydroxyl groups is 1. The van der Waals surface area contributed by atoms with E-state index < -0.39 is 18.0 Å². The van der Waals surface area contributed by atoms with Gasteiger partial charge in [-0.3, -0.25) is 0 Å². The van der Waals surface area contributed by atoms with Gasteiger partial charge in [-0.1, -0.05) is 0 Å². The van der Waals surface area contributed by atoms with Gasteiger partial charge in [0.25, 0.3) is 0 Å². The molecule has 0 aliphatic heterocycles. The Bertz CT molecular complexity index is 640. The Labute approximate surface area is 120 Å². The summed E-state index contributed by atoms with van der Waals surface area (Å²) in [6, 6.07) is 8.68. The number of rotatable bonds is 4. The zero-order chi connectivity index (χ0) is 15.4. The van der Waals surface area contributed by atoms with Crippen molar-refractivity contribution in [1.29, 1.82) is 0 Å². The summed E-state index contributed by atoms with van der Waals surface area (Å²) in [7, 11) is 1.25. The summed E-state index contributed by atoms with van der Waals surface area (Å²) in [5.41, 5.74) is 0.305. The molecular weight excluding hydrogens is 276 g/mol. The van der Waals surface area contributed by atoms with Gasteiger partial charge in [0.2, 0.25) is 5.76 Å². The minimum atomic E-state index is -0.662. The minimum absolute atomic E-state index is 0.0417. The molecule has 6 heteroatoms. The summed E-state index contributed by atoms with van der Waals surface area (Å²) >= 11 is 0. The summed E-state index contributed by atoms with van der Waals surface area (Å²) in [5, 5.41) is 9.17. The molecule has 0 spiro atoms. The minimum Gasteiger partial charge on any atom is -0.508 e. The number of hydrogen-bond acceptors (Lipinski definition) is 6. The van der Waals surface area contributed by atoms with E-state index in [-0.39, 0.29) is 11.5 Å². The maximum Gasteiger partial charge on any atom is 0.373 e. The Balaban J connectivity index is 2.05. The number of esters is 2. The van der Waals surface area contributed by atoms with Crippen LogP contribution in [0, 0.1) is 0 Å². The maximum atomic E-state index is 11.9. The number of benzene rings is 1. The van der Waals surface area contributed by atoms with Crippen molar-refractivity contribution in [3.8, 4) is 5.75 Å². The van der Waals surface area contributed by atoms with E-state index in [0.717, 1.165) is 0 Å². The number of phenols is 1. The van der Waals surface area contributed by atoms with Crippen molar-refractivity contribution in [3.05, 3.63) is 53.5 Å². The lowest BCUT2D eigenvalue weighted by atomic mass is 10.2. The lowest BCUT2D eigenvalue weighted by Gasteiger charge is -2.10. The van der Waals surface area contributed by atoms with Gasteiger partial charge in [-0.05, 0) is 43.3 Å². The molecule has 110 valence electrons. The third-order valence-corrected chi connectivity index (χ3v) is 2.80. The van der Waals surface area contributed by atoms with Gasteiger partial charge in [0, 0.05) is 0 Å². The molecule has 0 aliphatic rings. The van der Waals surface area contributed by atoms with Gasteiger partial charge in [0.15, 0.2) is 6.10 Å². The van der Waals surface area contributed by atoms with Crippen molar-refractivity contribution in [2.24, 2.45) is 0 Å². The van der Waals surface area contributed by atoms with Crippen LogP contribution in [-0.2, 0) is 9.47 Å². The summed E-state index contributed by atoms with van der Waals surface area (Å²) in [4.78, 5) is 23.2. The molecule has 0 unspecified atom stereocenters. The maximum absolute atomic E-state index is 11.9. The summed E-state index contributed by atoms with van der Waals surface area (Å²) in [6.07, 6.45) is -0.662. The molecule has 1 aromatic heterocycles. The first-order chi connectivity index (χ1) is 10.0. The Hall–Kier alpha value is -2.76. The molecule has 6 nitrogen and oxygen atoms in total. The molecule has 2 aromatic rings. The van der Waals surface area contributed by atoms with Crippen molar-refractivity contribution in [2.75, 3.05) is 7.11 Å². The molecule has 0 aliphatic carbocycles. The van der Waals surface area contributed by atoms with E-state index >= 15 is 0 Å². The van der Waals surface area contributed by atoms with Crippen LogP contribution < -0.4 is 0 Å². The molecule has 1 N–H and O–H groups in total. The first-order valence-corrected chi connectivity index (χ1v) is 6.19. The van der Waals surface area contributed by atoms with Gasteiger partial charge in [0.1, 0.15) is 11.5 Å². The molecule has 2 rings (SSSR count). The van der Waals surface area contributed by atoms with Crippen molar-refractivity contribution in [2.45, 2.75) is 13.0 Å². The highest BCUT2D eigenvalue weighted by atomic mass is 16.6. The molecule has 1 heterocycles. The fourth-order valence-corrected chi connectivity index (χ4v) is 1.67. The molecule has 0 saturated heterocycles. The second kappa shape index (κ2) is 6.13. The third-order valence-electron chi connectivity index (χ3n) is 2.80. The van der Waals surface area contributed by atoms with Crippen molar-refractivity contribution in [1.82, 2.24) is 0 Å². The molecule has 0 amide bonds. The number of hydrogen-bond donors (Lipinski definition) is 1. The van der Waals surface area contributed by atoms with Crippen LogP contribution in [0.5, 0.6) is 5.75 Å². The van der Waals surface area contributed by atoms with Gasteiger partial charge in [-0.25, -0.2) is 9.59 Å². The number of furan rings is 1. The van der Waals surface area contributed by atoms with Gasteiger partial charge in [-0.15, -0.1) is 0 Å².